The predicted molar refractivity (Wildman–Crippen MR) is 140 cm³/mol. The molecular formula is C28H58O2Si. The fourth-order valence-corrected chi connectivity index (χ4v) is 6.42. The highest BCUT2D eigenvalue weighted by atomic mass is 28.4. The van der Waals surface area contributed by atoms with Gasteiger partial charge in [0.25, 0.3) is 0 Å². The molecule has 0 radical (unpaired) electrons. The van der Waals surface area contributed by atoms with Gasteiger partial charge in [-0.1, -0.05) is 118 Å². The van der Waals surface area contributed by atoms with E-state index in [1.165, 1.54) is 89.9 Å². The Morgan fingerprint density at radius 1 is 0.742 bits per heavy atom. The van der Waals surface area contributed by atoms with E-state index in [9.17, 15) is 5.11 Å². The van der Waals surface area contributed by atoms with Crippen LogP contribution in [0, 0.1) is 11.8 Å². The van der Waals surface area contributed by atoms with E-state index in [0.717, 1.165) is 12.8 Å². The number of hydrogen-bond donors (Lipinski definition) is 1. The van der Waals surface area contributed by atoms with Crippen LogP contribution in [0.1, 0.15) is 137 Å². The van der Waals surface area contributed by atoms with E-state index in [1.54, 1.807) is 0 Å². The average Bonchev–Trinajstić information content (AvgIpc) is 2.97. The highest BCUT2D eigenvalue weighted by Gasteiger charge is 2.47. The third-order valence-electron chi connectivity index (χ3n) is 8.26. The Bertz CT molecular complexity index is 443. The lowest BCUT2D eigenvalue weighted by Crippen LogP contribution is -2.45. The Labute approximate surface area is 197 Å². The van der Waals surface area contributed by atoms with Crippen LogP contribution in [0.5, 0.6) is 0 Å². The summed E-state index contributed by atoms with van der Waals surface area (Å²) in [5.74, 6) is 0.810. The third kappa shape index (κ3) is 10.7. The van der Waals surface area contributed by atoms with E-state index in [1.807, 2.05) is 0 Å². The summed E-state index contributed by atoms with van der Waals surface area (Å²) in [5, 5.41) is 11.5. The van der Waals surface area contributed by atoms with Crippen molar-refractivity contribution in [2.24, 2.45) is 11.8 Å². The number of unbranched alkanes of at least 4 members (excludes halogenated alkanes) is 11. The van der Waals surface area contributed by atoms with Crippen LogP contribution in [0.25, 0.3) is 0 Å². The van der Waals surface area contributed by atoms with Crippen molar-refractivity contribution in [3.63, 3.8) is 0 Å². The molecule has 0 aromatic carbocycles. The number of aliphatic hydroxyl groups excluding tert-OH is 1. The molecular weight excluding hydrogens is 396 g/mol. The molecule has 1 fully saturated rings. The molecule has 0 amide bonds. The minimum Gasteiger partial charge on any atom is -0.414 e. The van der Waals surface area contributed by atoms with Crippen LogP contribution in [-0.4, -0.2) is 25.6 Å². The SMILES string of the molecule is CCCCCCCCCCC[C@@H]1C[C@@H](O[Si](C)(C)C(C)(C)C)[C@@H](CCCCCC)[C@H]1O. The summed E-state index contributed by atoms with van der Waals surface area (Å²) in [6.45, 7) is 16.3. The first-order valence-electron chi connectivity index (χ1n) is 14.0. The van der Waals surface area contributed by atoms with E-state index in [4.69, 9.17) is 4.43 Å². The van der Waals surface area contributed by atoms with Crippen LogP contribution in [-0.2, 0) is 4.43 Å². The summed E-state index contributed by atoms with van der Waals surface area (Å²) in [6.07, 6.45) is 21.1. The van der Waals surface area contributed by atoms with Gasteiger partial charge in [-0.2, -0.15) is 0 Å². The lowest BCUT2D eigenvalue weighted by Gasteiger charge is -2.40. The molecule has 31 heavy (non-hydrogen) atoms. The fraction of sp³-hybridized carbons (Fsp3) is 1.00. The summed E-state index contributed by atoms with van der Waals surface area (Å²) in [5.41, 5.74) is 0. The van der Waals surface area contributed by atoms with Crippen molar-refractivity contribution in [3.05, 3.63) is 0 Å². The Balaban J connectivity index is 2.50. The molecule has 1 aliphatic rings. The Kier molecular flexibility index (Phi) is 14.2. The molecule has 0 aromatic heterocycles. The quantitative estimate of drug-likeness (QED) is 0.175. The highest BCUT2D eigenvalue weighted by molar-refractivity contribution is 6.74. The van der Waals surface area contributed by atoms with Crippen molar-refractivity contribution in [2.45, 2.75) is 168 Å². The molecule has 0 saturated heterocycles. The maximum Gasteiger partial charge on any atom is 0.192 e. The van der Waals surface area contributed by atoms with Crippen molar-refractivity contribution in [3.8, 4) is 0 Å². The van der Waals surface area contributed by atoms with Gasteiger partial charge in [0.05, 0.1) is 12.2 Å². The second kappa shape index (κ2) is 15.1. The molecule has 0 unspecified atom stereocenters. The van der Waals surface area contributed by atoms with Gasteiger partial charge < -0.3 is 9.53 Å². The molecule has 1 rings (SSSR count). The molecule has 0 bridgehead atoms. The van der Waals surface area contributed by atoms with Crippen LogP contribution < -0.4 is 0 Å². The maximum atomic E-state index is 11.2. The van der Waals surface area contributed by atoms with E-state index < -0.39 is 8.32 Å². The van der Waals surface area contributed by atoms with Gasteiger partial charge in [0.2, 0.25) is 0 Å². The molecule has 0 aliphatic heterocycles. The topological polar surface area (TPSA) is 29.5 Å². The third-order valence-corrected chi connectivity index (χ3v) is 12.8. The lowest BCUT2D eigenvalue weighted by atomic mass is 9.91. The zero-order chi connectivity index (χ0) is 23.3. The average molecular weight is 455 g/mol. The summed E-state index contributed by atoms with van der Waals surface area (Å²) >= 11 is 0. The Morgan fingerprint density at radius 3 is 1.71 bits per heavy atom. The first-order valence-corrected chi connectivity index (χ1v) is 16.9. The Morgan fingerprint density at radius 2 is 1.19 bits per heavy atom. The number of hydrogen-bond acceptors (Lipinski definition) is 2. The Hall–Kier alpha value is 0.137. The summed E-state index contributed by atoms with van der Waals surface area (Å²) in [7, 11) is -1.80. The molecule has 4 atom stereocenters. The van der Waals surface area contributed by atoms with Gasteiger partial charge in [-0.25, -0.2) is 0 Å². The largest absolute Gasteiger partial charge is 0.414 e. The number of aliphatic hydroxyl groups is 1. The van der Waals surface area contributed by atoms with Gasteiger partial charge in [-0.05, 0) is 43.3 Å². The zero-order valence-corrected chi connectivity index (χ0v) is 23.5. The minimum absolute atomic E-state index is 0.148. The first-order chi connectivity index (χ1) is 14.6. The first kappa shape index (κ1) is 29.2. The smallest absolute Gasteiger partial charge is 0.192 e. The fourth-order valence-electron chi connectivity index (χ4n) is 5.04. The van der Waals surface area contributed by atoms with Crippen molar-refractivity contribution in [2.75, 3.05) is 0 Å². The molecule has 3 heteroatoms. The van der Waals surface area contributed by atoms with E-state index >= 15 is 0 Å². The van der Waals surface area contributed by atoms with E-state index in [-0.39, 0.29) is 17.2 Å². The predicted octanol–water partition coefficient (Wildman–Crippen LogP) is 9.27. The monoisotopic (exact) mass is 454 g/mol. The van der Waals surface area contributed by atoms with Gasteiger partial charge in [0.15, 0.2) is 8.32 Å². The van der Waals surface area contributed by atoms with Crippen molar-refractivity contribution in [1.29, 1.82) is 0 Å². The van der Waals surface area contributed by atoms with Crippen LogP contribution in [0.2, 0.25) is 18.1 Å². The van der Waals surface area contributed by atoms with Gasteiger partial charge in [-0.15, -0.1) is 0 Å². The van der Waals surface area contributed by atoms with Gasteiger partial charge >= 0.3 is 0 Å². The molecule has 0 heterocycles. The van der Waals surface area contributed by atoms with E-state index in [2.05, 4.69) is 47.7 Å². The second-order valence-electron chi connectivity index (χ2n) is 12.0. The van der Waals surface area contributed by atoms with Crippen LogP contribution in [0.4, 0.5) is 0 Å². The van der Waals surface area contributed by atoms with Crippen molar-refractivity contribution < 1.29 is 9.53 Å². The second-order valence-corrected chi connectivity index (χ2v) is 16.8. The summed E-state index contributed by atoms with van der Waals surface area (Å²) in [4.78, 5) is 0. The summed E-state index contributed by atoms with van der Waals surface area (Å²) in [6, 6.07) is 0. The normalized spacial score (nSPS) is 24.8. The molecule has 1 aliphatic carbocycles. The van der Waals surface area contributed by atoms with E-state index in [0.29, 0.717) is 11.8 Å². The minimum atomic E-state index is -1.80. The molecule has 2 nitrogen and oxygen atoms in total. The van der Waals surface area contributed by atoms with Crippen molar-refractivity contribution >= 4 is 8.32 Å². The zero-order valence-electron chi connectivity index (χ0n) is 22.5. The molecule has 186 valence electrons. The van der Waals surface area contributed by atoms with Gasteiger partial charge in [0, 0.05) is 5.92 Å². The van der Waals surface area contributed by atoms with Crippen LogP contribution in [0.3, 0.4) is 0 Å². The lowest BCUT2D eigenvalue weighted by molar-refractivity contribution is 0.0496. The van der Waals surface area contributed by atoms with Crippen molar-refractivity contribution in [1.82, 2.24) is 0 Å². The van der Waals surface area contributed by atoms with Crippen LogP contribution in [0.15, 0.2) is 0 Å². The molecule has 0 spiro atoms. The van der Waals surface area contributed by atoms with Crippen LogP contribution >= 0.6 is 0 Å². The number of rotatable bonds is 17. The molecule has 1 saturated carbocycles. The molecule has 1 N–H and O–H groups in total. The maximum absolute atomic E-state index is 11.2. The highest BCUT2D eigenvalue weighted by Crippen LogP contribution is 2.45. The standard InChI is InChI=1S/C28H58O2Si/c1-8-10-12-14-15-16-17-18-19-21-24-23-26(30-31(6,7)28(3,4)5)25(27(24)29)22-20-13-11-9-2/h24-27,29H,8-23H2,1-7H3/t24-,25-,26-,27+/m1/s1. The van der Waals surface area contributed by atoms with Gasteiger partial charge in [-0.3, -0.25) is 0 Å². The van der Waals surface area contributed by atoms with Gasteiger partial charge in [0.1, 0.15) is 0 Å². The summed E-state index contributed by atoms with van der Waals surface area (Å²) < 4.78 is 6.90. The molecule has 0 aromatic rings.